The lowest BCUT2D eigenvalue weighted by Gasteiger charge is -2.36. The Kier molecular flexibility index (Phi) is 5.76. The van der Waals surface area contributed by atoms with Crippen molar-refractivity contribution in [2.75, 3.05) is 41.3 Å². The van der Waals surface area contributed by atoms with E-state index in [4.69, 9.17) is 0 Å². The Hall–Kier alpha value is -3.78. The molecule has 0 unspecified atom stereocenters. The largest absolute Gasteiger partial charge is 0.368 e. The van der Waals surface area contributed by atoms with Crippen molar-refractivity contribution in [2.24, 2.45) is 0 Å². The van der Waals surface area contributed by atoms with Crippen molar-refractivity contribution in [2.45, 2.75) is 0 Å². The van der Waals surface area contributed by atoms with Gasteiger partial charge in [0.05, 0.1) is 0 Å². The zero-order valence-corrected chi connectivity index (χ0v) is 18.2. The standard InChI is InChI=1S/C24H22N6OS/c31-23(20-16-32-24(27-20)18-7-3-1-4-8-18)28-21-15-22(26-17-25-21)30-13-11-29(12-14-30)19-9-5-2-6-10-19/h1-10,15-17H,11-14H2,(H,25,26,28,31). The summed E-state index contributed by atoms with van der Waals surface area (Å²) in [6, 6.07) is 22.1. The molecule has 1 aliphatic rings. The van der Waals surface area contributed by atoms with Crippen LogP contribution in [0.2, 0.25) is 0 Å². The summed E-state index contributed by atoms with van der Waals surface area (Å²) in [5.41, 5.74) is 2.61. The maximum absolute atomic E-state index is 12.7. The zero-order valence-electron chi connectivity index (χ0n) is 17.4. The number of amides is 1. The van der Waals surface area contributed by atoms with Gasteiger partial charge in [-0.3, -0.25) is 4.79 Å². The number of carbonyl (C=O) groups is 1. The van der Waals surface area contributed by atoms with E-state index in [1.165, 1.54) is 23.4 Å². The summed E-state index contributed by atoms with van der Waals surface area (Å²) >= 11 is 1.45. The molecule has 0 aliphatic carbocycles. The number of aromatic nitrogens is 3. The first kappa shape index (κ1) is 20.1. The van der Waals surface area contributed by atoms with Gasteiger partial charge in [0.25, 0.3) is 5.91 Å². The molecular weight excluding hydrogens is 420 g/mol. The number of carbonyl (C=O) groups excluding carboxylic acids is 1. The van der Waals surface area contributed by atoms with Gasteiger partial charge in [0.2, 0.25) is 0 Å². The second-order valence-corrected chi connectivity index (χ2v) is 8.29. The summed E-state index contributed by atoms with van der Waals surface area (Å²) in [6.07, 6.45) is 1.49. The van der Waals surface area contributed by atoms with E-state index in [1.54, 1.807) is 5.38 Å². The summed E-state index contributed by atoms with van der Waals surface area (Å²) in [6.45, 7) is 3.53. The van der Waals surface area contributed by atoms with Crippen LogP contribution >= 0.6 is 11.3 Å². The Labute approximate surface area is 190 Å². The van der Waals surface area contributed by atoms with Crippen LogP contribution in [0.3, 0.4) is 0 Å². The summed E-state index contributed by atoms with van der Waals surface area (Å²) in [5, 5.41) is 5.44. The predicted molar refractivity (Wildman–Crippen MR) is 128 cm³/mol. The topological polar surface area (TPSA) is 74.2 Å². The van der Waals surface area contributed by atoms with Crippen molar-refractivity contribution >= 4 is 34.6 Å². The van der Waals surface area contributed by atoms with Crippen LogP contribution in [-0.2, 0) is 0 Å². The average Bonchev–Trinajstić information content (AvgIpc) is 3.36. The minimum atomic E-state index is -0.276. The predicted octanol–water partition coefficient (Wildman–Crippen LogP) is 4.18. The molecule has 0 saturated carbocycles. The molecule has 5 rings (SSSR count). The van der Waals surface area contributed by atoms with Gasteiger partial charge < -0.3 is 15.1 Å². The van der Waals surface area contributed by atoms with Gasteiger partial charge in [-0.05, 0) is 12.1 Å². The van der Waals surface area contributed by atoms with E-state index in [1.807, 2.05) is 42.5 Å². The molecule has 2 aromatic carbocycles. The molecule has 0 radical (unpaired) electrons. The SMILES string of the molecule is O=C(Nc1cc(N2CCN(c3ccccc3)CC2)ncn1)c1csc(-c2ccccc2)n1. The van der Waals surface area contributed by atoms with Crippen LogP contribution in [-0.4, -0.2) is 47.0 Å². The first-order chi connectivity index (χ1) is 15.8. The maximum atomic E-state index is 12.7. The molecule has 1 aliphatic heterocycles. The van der Waals surface area contributed by atoms with Gasteiger partial charge in [-0.15, -0.1) is 11.3 Å². The van der Waals surface area contributed by atoms with Gasteiger partial charge in [-0.2, -0.15) is 0 Å². The van der Waals surface area contributed by atoms with Gasteiger partial charge in [-0.25, -0.2) is 15.0 Å². The molecule has 7 nitrogen and oxygen atoms in total. The van der Waals surface area contributed by atoms with Crippen molar-refractivity contribution in [3.05, 3.63) is 84.1 Å². The molecule has 3 heterocycles. The van der Waals surface area contributed by atoms with E-state index < -0.39 is 0 Å². The molecule has 160 valence electrons. The van der Waals surface area contributed by atoms with Gasteiger partial charge in [-0.1, -0.05) is 48.5 Å². The van der Waals surface area contributed by atoms with Crippen molar-refractivity contribution in [3.63, 3.8) is 0 Å². The molecule has 8 heteroatoms. The molecule has 1 fully saturated rings. The normalized spacial score (nSPS) is 13.8. The van der Waals surface area contributed by atoms with E-state index in [2.05, 4.69) is 54.3 Å². The smallest absolute Gasteiger partial charge is 0.276 e. The number of piperazine rings is 1. The fourth-order valence-electron chi connectivity index (χ4n) is 3.69. The quantitative estimate of drug-likeness (QED) is 0.500. The van der Waals surface area contributed by atoms with Gasteiger partial charge >= 0.3 is 0 Å². The lowest BCUT2D eigenvalue weighted by molar-refractivity contribution is 0.102. The molecule has 0 atom stereocenters. The summed E-state index contributed by atoms with van der Waals surface area (Å²) < 4.78 is 0. The number of para-hydroxylation sites is 1. The van der Waals surface area contributed by atoms with E-state index in [0.29, 0.717) is 11.5 Å². The number of nitrogens with zero attached hydrogens (tertiary/aromatic N) is 5. The molecule has 4 aromatic rings. The van der Waals surface area contributed by atoms with Crippen LogP contribution < -0.4 is 15.1 Å². The molecule has 1 N–H and O–H groups in total. The number of rotatable bonds is 5. The number of anilines is 3. The Morgan fingerprint density at radius 2 is 1.56 bits per heavy atom. The molecular formula is C24H22N6OS. The van der Waals surface area contributed by atoms with Crippen LogP contribution in [0.5, 0.6) is 0 Å². The monoisotopic (exact) mass is 442 g/mol. The van der Waals surface area contributed by atoms with Crippen LogP contribution in [0.1, 0.15) is 10.5 Å². The van der Waals surface area contributed by atoms with Crippen molar-refractivity contribution in [3.8, 4) is 10.6 Å². The van der Waals surface area contributed by atoms with Crippen LogP contribution in [0.15, 0.2) is 78.4 Å². The van der Waals surface area contributed by atoms with E-state index in [-0.39, 0.29) is 5.91 Å². The third kappa shape index (κ3) is 4.45. The second-order valence-electron chi connectivity index (χ2n) is 7.43. The highest BCUT2D eigenvalue weighted by Crippen LogP contribution is 2.24. The number of nitrogens with one attached hydrogen (secondary N) is 1. The fourth-order valence-corrected chi connectivity index (χ4v) is 4.50. The highest BCUT2D eigenvalue weighted by molar-refractivity contribution is 7.13. The molecule has 1 saturated heterocycles. The number of thiazole rings is 1. The van der Waals surface area contributed by atoms with Crippen molar-refractivity contribution in [1.29, 1.82) is 0 Å². The first-order valence-corrected chi connectivity index (χ1v) is 11.3. The molecule has 2 aromatic heterocycles. The second kappa shape index (κ2) is 9.15. The third-order valence-corrected chi connectivity index (χ3v) is 6.27. The Morgan fingerprint density at radius 1 is 0.875 bits per heavy atom. The first-order valence-electron chi connectivity index (χ1n) is 10.5. The van der Waals surface area contributed by atoms with E-state index in [0.717, 1.165) is 42.6 Å². The highest BCUT2D eigenvalue weighted by atomic mass is 32.1. The third-order valence-electron chi connectivity index (χ3n) is 5.38. The Balaban J connectivity index is 1.23. The molecule has 1 amide bonds. The average molecular weight is 443 g/mol. The Morgan fingerprint density at radius 3 is 2.31 bits per heavy atom. The van der Waals surface area contributed by atoms with E-state index >= 15 is 0 Å². The summed E-state index contributed by atoms with van der Waals surface area (Å²) in [7, 11) is 0. The van der Waals surface area contributed by atoms with Crippen molar-refractivity contribution in [1.82, 2.24) is 15.0 Å². The van der Waals surface area contributed by atoms with Gasteiger partial charge in [0.1, 0.15) is 28.7 Å². The molecule has 32 heavy (non-hydrogen) atoms. The number of benzene rings is 2. The lowest BCUT2D eigenvalue weighted by atomic mass is 10.2. The van der Waals surface area contributed by atoms with Gasteiger partial charge in [0.15, 0.2) is 0 Å². The fraction of sp³-hybridized carbons (Fsp3) is 0.167. The zero-order chi connectivity index (χ0) is 21.8. The number of hydrogen-bond acceptors (Lipinski definition) is 7. The van der Waals surface area contributed by atoms with Crippen LogP contribution in [0, 0.1) is 0 Å². The van der Waals surface area contributed by atoms with Crippen molar-refractivity contribution < 1.29 is 4.79 Å². The lowest BCUT2D eigenvalue weighted by Crippen LogP contribution is -2.46. The summed E-state index contributed by atoms with van der Waals surface area (Å²) in [4.78, 5) is 30.4. The Bertz CT molecular complexity index is 1190. The number of hydrogen-bond donors (Lipinski definition) is 1. The molecule has 0 spiro atoms. The maximum Gasteiger partial charge on any atom is 0.276 e. The van der Waals surface area contributed by atoms with E-state index in [9.17, 15) is 4.79 Å². The van der Waals surface area contributed by atoms with Gasteiger partial charge in [0, 0.05) is 48.9 Å². The minimum absolute atomic E-state index is 0.276. The highest BCUT2D eigenvalue weighted by Gasteiger charge is 2.19. The summed E-state index contributed by atoms with van der Waals surface area (Å²) in [5.74, 6) is 1.01. The molecule has 0 bridgehead atoms. The minimum Gasteiger partial charge on any atom is -0.368 e. The van der Waals surface area contributed by atoms with Crippen LogP contribution in [0.25, 0.3) is 10.6 Å². The van der Waals surface area contributed by atoms with Crippen LogP contribution in [0.4, 0.5) is 17.3 Å².